The molecule has 1 aliphatic rings. The van der Waals surface area contributed by atoms with Crippen LogP contribution in [-0.2, 0) is 17.8 Å². The van der Waals surface area contributed by atoms with Crippen LogP contribution in [0.1, 0.15) is 43.8 Å². The first-order chi connectivity index (χ1) is 13.3. The standard InChI is InChI=1S/C20H22N4O3/c25-19(24(16-4-1-2-5-16)14-17-6-3-13-26-17)8-7-18-22-20(23-27-18)15-9-11-21-12-10-15/h3,6,9-13,16H,1-2,4-5,7-8,14H2. The summed E-state index contributed by atoms with van der Waals surface area (Å²) < 4.78 is 10.8. The molecule has 140 valence electrons. The second kappa shape index (κ2) is 8.16. The van der Waals surface area contributed by atoms with Crippen LogP contribution in [0.3, 0.4) is 0 Å². The predicted octanol–water partition coefficient (Wildman–Crippen LogP) is 3.63. The molecule has 0 aliphatic heterocycles. The summed E-state index contributed by atoms with van der Waals surface area (Å²) >= 11 is 0. The van der Waals surface area contributed by atoms with E-state index >= 15 is 0 Å². The topological polar surface area (TPSA) is 85.3 Å². The predicted molar refractivity (Wildman–Crippen MR) is 97.4 cm³/mol. The van der Waals surface area contributed by atoms with Gasteiger partial charge >= 0.3 is 0 Å². The molecule has 0 unspecified atom stereocenters. The van der Waals surface area contributed by atoms with Gasteiger partial charge in [-0.25, -0.2) is 0 Å². The fourth-order valence-corrected chi connectivity index (χ4v) is 3.54. The molecule has 1 amide bonds. The van der Waals surface area contributed by atoms with Crippen molar-refractivity contribution in [2.24, 2.45) is 0 Å². The average Bonchev–Trinajstić information content (AvgIpc) is 3.47. The van der Waals surface area contributed by atoms with Gasteiger partial charge in [0.1, 0.15) is 5.76 Å². The van der Waals surface area contributed by atoms with Crippen molar-refractivity contribution in [3.05, 3.63) is 54.6 Å². The lowest BCUT2D eigenvalue weighted by Crippen LogP contribution is -2.38. The molecule has 27 heavy (non-hydrogen) atoms. The number of carbonyl (C=O) groups excluding carboxylic acids is 1. The third-order valence-electron chi connectivity index (χ3n) is 4.95. The van der Waals surface area contributed by atoms with Gasteiger partial charge < -0.3 is 13.8 Å². The number of hydrogen-bond acceptors (Lipinski definition) is 6. The molecular weight excluding hydrogens is 344 g/mol. The largest absolute Gasteiger partial charge is 0.467 e. The summed E-state index contributed by atoms with van der Waals surface area (Å²) in [7, 11) is 0. The Hall–Kier alpha value is -2.96. The van der Waals surface area contributed by atoms with E-state index in [4.69, 9.17) is 8.94 Å². The summed E-state index contributed by atoms with van der Waals surface area (Å²) in [6.45, 7) is 0.516. The lowest BCUT2D eigenvalue weighted by molar-refractivity contribution is -0.134. The summed E-state index contributed by atoms with van der Waals surface area (Å²) in [5, 5.41) is 3.99. The maximum Gasteiger partial charge on any atom is 0.227 e. The van der Waals surface area contributed by atoms with Gasteiger partial charge in [-0.05, 0) is 37.1 Å². The first-order valence-corrected chi connectivity index (χ1v) is 9.34. The minimum absolute atomic E-state index is 0.0990. The first-order valence-electron chi connectivity index (χ1n) is 9.34. The quantitative estimate of drug-likeness (QED) is 0.635. The van der Waals surface area contributed by atoms with E-state index in [0.717, 1.165) is 24.2 Å². The van der Waals surface area contributed by atoms with E-state index < -0.39 is 0 Å². The Morgan fingerprint density at radius 3 is 2.74 bits per heavy atom. The molecule has 1 aliphatic carbocycles. The van der Waals surface area contributed by atoms with E-state index in [9.17, 15) is 4.79 Å². The Bertz CT molecular complexity index is 855. The molecule has 0 N–H and O–H groups in total. The van der Waals surface area contributed by atoms with Gasteiger partial charge in [0.25, 0.3) is 0 Å². The molecule has 7 heteroatoms. The molecule has 3 heterocycles. The van der Waals surface area contributed by atoms with Crippen molar-refractivity contribution in [2.45, 2.75) is 51.1 Å². The number of nitrogens with zero attached hydrogens (tertiary/aromatic N) is 4. The van der Waals surface area contributed by atoms with Crippen molar-refractivity contribution in [1.82, 2.24) is 20.0 Å². The van der Waals surface area contributed by atoms with Gasteiger partial charge in [-0.1, -0.05) is 18.0 Å². The van der Waals surface area contributed by atoms with Gasteiger partial charge in [-0.15, -0.1) is 0 Å². The van der Waals surface area contributed by atoms with Crippen LogP contribution >= 0.6 is 0 Å². The fourth-order valence-electron chi connectivity index (χ4n) is 3.54. The smallest absolute Gasteiger partial charge is 0.227 e. The molecule has 7 nitrogen and oxygen atoms in total. The fraction of sp³-hybridized carbons (Fsp3) is 0.400. The van der Waals surface area contributed by atoms with Gasteiger partial charge in [0.05, 0.1) is 12.8 Å². The third kappa shape index (κ3) is 4.24. The minimum atomic E-state index is 0.0990. The Morgan fingerprint density at radius 2 is 2.00 bits per heavy atom. The summed E-state index contributed by atoms with van der Waals surface area (Å²) in [6.07, 6.45) is 10.2. The summed E-state index contributed by atoms with van der Waals surface area (Å²) in [6, 6.07) is 7.70. The van der Waals surface area contributed by atoms with Crippen LogP contribution in [0.2, 0.25) is 0 Å². The number of aryl methyl sites for hydroxylation is 1. The van der Waals surface area contributed by atoms with Crippen LogP contribution in [0.5, 0.6) is 0 Å². The maximum atomic E-state index is 12.9. The highest BCUT2D eigenvalue weighted by atomic mass is 16.5. The molecule has 1 fully saturated rings. The average molecular weight is 366 g/mol. The molecule has 0 radical (unpaired) electrons. The van der Waals surface area contributed by atoms with Crippen LogP contribution in [-0.4, -0.2) is 32.0 Å². The number of amides is 1. The summed E-state index contributed by atoms with van der Waals surface area (Å²) in [5.41, 5.74) is 0.844. The van der Waals surface area contributed by atoms with Crippen LogP contribution in [0, 0.1) is 0 Å². The molecule has 0 saturated heterocycles. The lowest BCUT2D eigenvalue weighted by Gasteiger charge is -2.28. The zero-order chi connectivity index (χ0) is 18.5. The second-order valence-electron chi connectivity index (χ2n) is 6.79. The molecule has 3 aromatic rings. The third-order valence-corrected chi connectivity index (χ3v) is 4.95. The number of carbonyl (C=O) groups is 1. The Labute approximate surface area is 157 Å². The minimum Gasteiger partial charge on any atom is -0.467 e. The molecular formula is C20H22N4O3. The SMILES string of the molecule is O=C(CCc1nc(-c2ccncc2)no1)N(Cc1ccco1)C1CCCC1. The first kappa shape index (κ1) is 17.5. The number of pyridine rings is 1. The van der Waals surface area contributed by atoms with Crippen LogP contribution in [0.4, 0.5) is 0 Å². The van der Waals surface area contributed by atoms with E-state index in [1.807, 2.05) is 29.2 Å². The van der Waals surface area contributed by atoms with Crippen molar-refractivity contribution in [3.8, 4) is 11.4 Å². The molecule has 4 rings (SSSR count). The normalized spacial score (nSPS) is 14.5. The zero-order valence-corrected chi connectivity index (χ0v) is 15.1. The van der Waals surface area contributed by atoms with E-state index in [-0.39, 0.29) is 11.9 Å². The highest BCUT2D eigenvalue weighted by Crippen LogP contribution is 2.26. The second-order valence-corrected chi connectivity index (χ2v) is 6.79. The van der Waals surface area contributed by atoms with Crippen LogP contribution in [0.15, 0.2) is 51.9 Å². The number of furan rings is 1. The van der Waals surface area contributed by atoms with E-state index in [1.165, 1.54) is 12.8 Å². The van der Waals surface area contributed by atoms with E-state index in [0.29, 0.717) is 31.1 Å². The zero-order valence-electron chi connectivity index (χ0n) is 15.1. The highest BCUT2D eigenvalue weighted by Gasteiger charge is 2.27. The van der Waals surface area contributed by atoms with Crippen LogP contribution in [0.25, 0.3) is 11.4 Å². The molecule has 3 aromatic heterocycles. The van der Waals surface area contributed by atoms with Crippen molar-refractivity contribution in [2.75, 3.05) is 0 Å². The summed E-state index contributed by atoms with van der Waals surface area (Å²) in [4.78, 5) is 23.2. The van der Waals surface area contributed by atoms with Gasteiger partial charge in [-0.2, -0.15) is 4.98 Å². The van der Waals surface area contributed by atoms with Crippen molar-refractivity contribution < 1.29 is 13.7 Å². The Morgan fingerprint density at radius 1 is 1.19 bits per heavy atom. The molecule has 0 atom stereocenters. The van der Waals surface area contributed by atoms with Crippen molar-refractivity contribution >= 4 is 5.91 Å². The summed E-state index contributed by atoms with van der Waals surface area (Å²) in [5.74, 6) is 1.90. The van der Waals surface area contributed by atoms with Crippen LogP contribution < -0.4 is 0 Å². The lowest BCUT2D eigenvalue weighted by atomic mass is 10.1. The molecule has 0 bridgehead atoms. The van der Waals surface area contributed by atoms with Gasteiger partial charge in [0.2, 0.25) is 17.6 Å². The molecule has 0 aromatic carbocycles. The van der Waals surface area contributed by atoms with E-state index in [1.54, 1.807) is 18.7 Å². The Balaban J connectivity index is 1.40. The maximum absolute atomic E-state index is 12.9. The monoisotopic (exact) mass is 366 g/mol. The number of aromatic nitrogens is 3. The molecule has 0 spiro atoms. The number of rotatable bonds is 7. The van der Waals surface area contributed by atoms with Crippen molar-refractivity contribution in [3.63, 3.8) is 0 Å². The van der Waals surface area contributed by atoms with Gasteiger partial charge in [0, 0.05) is 36.8 Å². The Kier molecular flexibility index (Phi) is 5.27. The highest BCUT2D eigenvalue weighted by molar-refractivity contribution is 5.76. The van der Waals surface area contributed by atoms with Crippen molar-refractivity contribution in [1.29, 1.82) is 0 Å². The van der Waals surface area contributed by atoms with Gasteiger partial charge in [0.15, 0.2) is 0 Å². The van der Waals surface area contributed by atoms with E-state index in [2.05, 4.69) is 15.1 Å². The van der Waals surface area contributed by atoms with Gasteiger partial charge in [-0.3, -0.25) is 9.78 Å². The number of hydrogen-bond donors (Lipinski definition) is 0. The molecule has 1 saturated carbocycles.